The Bertz CT molecular complexity index is 591. The van der Waals surface area contributed by atoms with E-state index in [-0.39, 0.29) is 0 Å². The summed E-state index contributed by atoms with van der Waals surface area (Å²) in [6, 6.07) is 18.0. The van der Waals surface area contributed by atoms with Gasteiger partial charge in [0.15, 0.2) is 0 Å². The van der Waals surface area contributed by atoms with Crippen molar-refractivity contribution in [3.63, 3.8) is 0 Å². The van der Waals surface area contributed by atoms with Crippen molar-refractivity contribution in [2.75, 3.05) is 6.54 Å². The van der Waals surface area contributed by atoms with E-state index in [0.717, 1.165) is 16.7 Å². The number of carboxylic acids is 1. The van der Waals surface area contributed by atoms with Crippen molar-refractivity contribution in [1.29, 1.82) is 0 Å². The fourth-order valence-electron chi connectivity index (χ4n) is 1.89. The number of carboxylic acid groups (broad SMARTS) is 1. The fourth-order valence-corrected chi connectivity index (χ4v) is 1.89. The SMILES string of the molecule is O=C(O)C(=O)NCCc1ccc(-c2ccccc2)cc1. The first-order valence-corrected chi connectivity index (χ1v) is 6.32. The van der Waals surface area contributed by atoms with Gasteiger partial charge in [-0.05, 0) is 23.1 Å². The smallest absolute Gasteiger partial charge is 0.394 e. The Morgan fingerprint density at radius 2 is 1.50 bits per heavy atom. The first kappa shape index (κ1) is 13.8. The van der Waals surface area contributed by atoms with Crippen LogP contribution in [0.5, 0.6) is 0 Å². The Labute approximate surface area is 117 Å². The number of benzene rings is 2. The van der Waals surface area contributed by atoms with Crippen molar-refractivity contribution in [2.45, 2.75) is 6.42 Å². The molecule has 0 radical (unpaired) electrons. The van der Waals surface area contributed by atoms with Crippen LogP contribution >= 0.6 is 0 Å². The number of hydrogen-bond donors (Lipinski definition) is 2. The van der Waals surface area contributed by atoms with Gasteiger partial charge in [-0.25, -0.2) is 4.79 Å². The van der Waals surface area contributed by atoms with Crippen molar-refractivity contribution < 1.29 is 14.7 Å². The lowest BCUT2D eigenvalue weighted by Crippen LogP contribution is -2.32. The quantitative estimate of drug-likeness (QED) is 0.835. The van der Waals surface area contributed by atoms with Crippen molar-refractivity contribution in [2.24, 2.45) is 0 Å². The van der Waals surface area contributed by atoms with Gasteiger partial charge in [-0.15, -0.1) is 0 Å². The summed E-state index contributed by atoms with van der Waals surface area (Å²) in [5.41, 5.74) is 3.33. The van der Waals surface area contributed by atoms with Gasteiger partial charge in [0.05, 0.1) is 0 Å². The molecule has 0 spiro atoms. The highest BCUT2D eigenvalue weighted by molar-refractivity contribution is 6.31. The van der Waals surface area contributed by atoms with E-state index in [1.54, 1.807) is 0 Å². The summed E-state index contributed by atoms with van der Waals surface area (Å²) in [6.45, 7) is 0.315. The average molecular weight is 269 g/mol. The van der Waals surface area contributed by atoms with Crippen molar-refractivity contribution >= 4 is 11.9 Å². The first-order valence-electron chi connectivity index (χ1n) is 6.32. The maximum Gasteiger partial charge on any atom is 0.394 e. The highest BCUT2D eigenvalue weighted by Crippen LogP contribution is 2.19. The summed E-state index contributed by atoms with van der Waals surface area (Å²) >= 11 is 0. The lowest BCUT2D eigenvalue weighted by atomic mass is 10.0. The minimum atomic E-state index is -1.45. The molecule has 0 bridgehead atoms. The third-order valence-electron chi connectivity index (χ3n) is 2.95. The third-order valence-corrected chi connectivity index (χ3v) is 2.95. The van der Waals surface area contributed by atoms with Gasteiger partial charge in [-0.2, -0.15) is 0 Å². The standard InChI is InChI=1S/C16H15NO3/c18-15(16(19)20)17-11-10-12-6-8-14(9-7-12)13-4-2-1-3-5-13/h1-9H,10-11H2,(H,17,18)(H,19,20). The number of amides is 1. The number of rotatable bonds is 4. The fraction of sp³-hybridized carbons (Fsp3) is 0.125. The van der Waals surface area contributed by atoms with Crippen LogP contribution in [-0.2, 0) is 16.0 Å². The predicted octanol–water partition coefficient (Wildman–Crippen LogP) is 2.10. The highest BCUT2D eigenvalue weighted by atomic mass is 16.4. The lowest BCUT2D eigenvalue weighted by molar-refractivity contribution is -0.150. The first-order chi connectivity index (χ1) is 9.66. The monoisotopic (exact) mass is 269 g/mol. The Kier molecular flexibility index (Phi) is 4.50. The minimum absolute atomic E-state index is 0.315. The molecule has 0 heterocycles. The summed E-state index contributed by atoms with van der Waals surface area (Å²) in [7, 11) is 0. The van der Waals surface area contributed by atoms with Crippen LogP contribution in [0.2, 0.25) is 0 Å². The molecular weight excluding hydrogens is 254 g/mol. The van der Waals surface area contributed by atoms with E-state index in [0.29, 0.717) is 13.0 Å². The topological polar surface area (TPSA) is 66.4 Å². The lowest BCUT2D eigenvalue weighted by Gasteiger charge is -2.05. The van der Waals surface area contributed by atoms with E-state index in [2.05, 4.69) is 5.32 Å². The summed E-state index contributed by atoms with van der Waals surface area (Å²) in [5, 5.41) is 10.8. The number of nitrogens with one attached hydrogen (secondary N) is 1. The average Bonchev–Trinajstić information content (AvgIpc) is 2.48. The summed E-state index contributed by atoms with van der Waals surface area (Å²) in [5.74, 6) is -2.42. The molecule has 0 saturated carbocycles. The molecule has 0 aliphatic carbocycles. The molecule has 102 valence electrons. The van der Waals surface area contributed by atoms with Crippen LogP contribution in [0.25, 0.3) is 11.1 Å². The van der Waals surface area contributed by atoms with E-state index < -0.39 is 11.9 Å². The van der Waals surface area contributed by atoms with Gasteiger partial charge in [-0.3, -0.25) is 4.79 Å². The molecule has 2 rings (SSSR count). The molecule has 2 N–H and O–H groups in total. The minimum Gasteiger partial charge on any atom is -0.474 e. The van der Waals surface area contributed by atoms with E-state index in [1.165, 1.54) is 0 Å². The predicted molar refractivity (Wildman–Crippen MR) is 76.2 cm³/mol. The molecule has 1 amide bonds. The summed E-state index contributed by atoms with van der Waals surface area (Å²) in [6.07, 6.45) is 0.605. The van der Waals surface area contributed by atoms with Crippen LogP contribution in [0.4, 0.5) is 0 Å². The summed E-state index contributed by atoms with van der Waals surface area (Å²) in [4.78, 5) is 21.2. The number of aliphatic carboxylic acids is 1. The van der Waals surface area contributed by atoms with Crippen molar-refractivity contribution in [3.05, 3.63) is 60.2 Å². The van der Waals surface area contributed by atoms with E-state index in [4.69, 9.17) is 5.11 Å². The van der Waals surface area contributed by atoms with Gasteiger partial charge < -0.3 is 10.4 Å². The number of hydrogen-bond acceptors (Lipinski definition) is 2. The zero-order chi connectivity index (χ0) is 14.4. The normalized spacial score (nSPS) is 10.0. The Balaban J connectivity index is 1.92. The van der Waals surface area contributed by atoms with E-state index in [1.807, 2.05) is 54.6 Å². The number of carbonyl (C=O) groups excluding carboxylic acids is 1. The maximum absolute atomic E-state index is 10.9. The van der Waals surface area contributed by atoms with Crippen LogP contribution in [-0.4, -0.2) is 23.5 Å². The van der Waals surface area contributed by atoms with Gasteiger partial charge in [0.1, 0.15) is 0 Å². The Hall–Kier alpha value is -2.62. The molecular formula is C16H15NO3. The van der Waals surface area contributed by atoms with Gasteiger partial charge >= 0.3 is 11.9 Å². The Morgan fingerprint density at radius 1 is 0.900 bits per heavy atom. The molecule has 4 heteroatoms. The van der Waals surface area contributed by atoms with Crippen LogP contribution in [0.15, 0.2) is 54.6 Å². The Morgan fingerprint density at radius 3 is 2.10 bits per heavy atom. The van der Waals surface area contributed by atoms with Crippen LogP contribution in [0.3, 0.4) is 0 Å². The molecule has 0 atom stereocenters. The maximum atomic E-state index is 10.9. The molecule has 4 nitrogen and oxygen atoms in total. The zero-order valence-corrected chi connectivity index (χ0v) is 10.9. The molecule has 2 aromatic rings. The van der Waals surface area contributed by atoms with Gasteiger partial charge in [0, 0.05) is 6.54 Å². The molecule has 2 aromatic carbocycles. The van der Waals surface area contributed by atoms with Crippen molar-refractivity contribution in [1.82, 2.24) is 5.32 Å². The van der Waals surface area contributed by atoms with Crippen LogP contribution < -0.4 is 5.32 Å². The molecule has 0 saturated heterocycles. The third kappa shape index (κ3) is 3.68. The van der Waals surface area contributed by atoms with Gasteiger partial charge in [0.25, 0.3) is 0 Å². The van der Waals surface area contributed by atoms with E-state index in [9.17, 15) is 9.59 Å². The molecule has 0 aliphatic heterocycles. The molecule has 20 heavy (non-hydrogen) atoms. The highest BCUT2D eigenvalue weighted by Gasteiger charge is 2.09. The largest absolute Gasteiger partial charge is 0.474 e. The number of carbonyl (C=O) groups is 2. The second-order valence-electron chi connectivity index (χ2n) is 4.37. The zero-order valence-electron chi connectivity index (χ0n) is 10.9. The molecule has 0 fully saturated rings. The van der Waals surface area contributed by atoms with E-state index >= 15 is 0 Å². The van der Waals surface area contributed by atoms with Gasteiger partial charge in [-0.1, -0.05) is 54.6 Å². The van der Waals surface area contributed by atoms with Gasteiger partial charge in [0.2, 0.25) is 0 Å². The molecule has 0 aliphatic rings. The van der Waals surface area contributed by atoms with Crippen LogP contribution in [0, 0.1) is 0 Å². The summed E-state index contributed by atoms with van der Waals surface area (Å²) < 4.78 is 0. The van der Waals surface area contributed by atoms with Crippen LogP contribution in [0.1, 0.15) is 5.56 Å². The van der Waals surface area contributed by atoms with Crippen molar-refractivity contribution in [3.8, 4) is 11.1 Å². The second-order valence-corrected chi connectivity index (χ2v) is 4.37. The molecule has 0 aromatic heterocycles. The molecule has 0 unspecified atom stereocenters. The second kappa shape index (κ2) is 6.52.